The van der Waals surface area contributed by atoms with Crippen LogP contribution >= 0.6 is 11.3 Å². The average Bonchev–Trinajstić information content (AvgIpc) is 2.97. The van der Waals surface area contributed by atoms with Crippen molar-refractivity contribution in [3.8, 4) is 11.5 Å². The summed E-state index contributed by atoms with van der Waals surface area (Å²) in [5, 5.41) is 4.59. The van der Waals surface area contributed by atoms with Crippen molar-refractivity contribution in [3.63, 3.8) is 0 Å². The Kier molecular flexibility index (Phi) is 4.21. The van der Waals surface area contributed by atoms with Crippen LogP contribution in [0.2, 0.25) is 0 Å². The van der Waals surface area contributed by atoms with Gasteiger partial charge in [-0.05, 0) is 31.0 Å². The Labute approximate surface area is 144 Å². The van der Waals surface area contributed by atoms with Crippen LogP contribution in [0.3, 0.4) is 0 Å². The normalized spacial score (nSPS) is 15.5. The van der Waals surface area contributed by atoms with E-state index in [9.17, 15) is 0 Å². The molecule has 1 saturated carbocycles. The number of pyridine rings is 1. The molecule has 2 heterocycles. The predicted molar refractivity (Wildman–Crippen MR) is 98.8 cm³/mol. The molecule has 3 aromatic rings. The van der Waals surface area contributed by atoms with Gasteiger partial charge in [0.1, 0.15) is 17.3 Å². The first-order valence-corrected chi connectivity index (χ1v) is 9.14. The third-order valence-corrected chi connectivity index (χ3v) is 5.23. The molecule has 5 nitrogen and oxygen atoms in total. The summed E-state index contributed by atoms with van der Waals surface area (Å²) in [6, 6.07) is 10.0. The summed E-state index contributed by atoms with van der Waals surface area (Å²) < 4.78 is 6.98. The number of anilines is 2. The maximum Gasteiger partial charge on any atom is 0.184 e. The van der Waals surface area contributed by atoms with Gasteiger partial charge in [-0.1, -0.05) is 30.6 Å². The van der Waals surface area contributed by atoms with E-state index >= 15 is 0 Å². The molecule has 0 bridgehead atoms. The number of ether oxygens (including phenoxy) is 1. The molecule has 0 amide bonds. The van der Waals surface area contributed by atoms with E-state index in [1.807, 2.05) is 18.2 Å². The lowest BCUT2D eigenvalue weighted by Gasteiger charge is -2.22. The third kappa shape index (κ3) is 3.43. The van der Waals surface area contributed by atoms with Crippen LogP contribution in [0, 0.1) is 0 Å². The smallest absolute Gasteiger partial charge is 0.184 e. The van der Waals surface area contributed by atoms with Crippen molar-refractivity contribution in [3.05, 3.63) is 36.5 Å². The fraction of sp³-hybridized carbons (Fsp3) is 0.333. The highest BCUT2D eigenvalue weighted by molar-refractivity contribution is 7.22. The summed E-state index contributed by atoms with van der Waals surface area (Å²) >= 11 is 1.68. The lowest BCUT2D eigenvalue weighted by atomic mass is 9.96. The summed E-state index contributed by atoms with van der Waals surface area (Å²) in [6.07, 6.45) is 8.12. The fourth-order valence-electron chi connectivity index (χ4n) is 3.08. The first-order chi connectivity index (χ1) is 11.8. The van der Waals surface area contributed by atoms with Crippen LogP contribution in [0.5, 0.6) is 11.5 Å². The van der Waals surface area contributed by atoms with E-state index in [0.29, 0.717) is 17.6 Å². The SMILES string of the molecule is Nc1cc(Oc2ccc3nc(NC4CCCCC4)sc3c2)ccn1. The van der Waals surface area contributed by atoms with E-state index in [2.05, 4.69) is 10.3 Å². The van der Waals surface area contributed by atoms with Crippen LogP contribution in [0.15, 0.2) is 36.5 Å². The number of fused-ring (bicyclic) bond motifs is 1. The van der Waals surface area contributed by atoms with E-state index in [1.54, 1.807) is 29.7 Å². The number of rotatable bonds is 4. The van der Waals surface area contributed by atoms with Gasteiger partial charge in [-0.2, -0.15) is 0 Å². The highest BCUT2D eigenvalue weighted by atomic mass is 32.1. The number of nitrogens with zero attached hydrogens (tertiary/aromatic N) is 2. The molecule has 0 aliphatic heterocycles. The van der Waals surface area contributed by atoms with Crippen LogP contribution < -0.4 is 15.8 Å². The van der Waals surface area contributed by atoms with Crippen LogP contribution in [0.4, 0.5) is 10.9 Å². The Morgan fingerprint density at radius 2 is 1.92 bits per heavy atom. The van der Waals surface area contributed by atoms with Gasteiger partial charge in [0.05, 0.1) is 10.2 Å². The quantitative estimate of drug-likeness (QED) is 0.713. The molecule has 1 fully saturated rings. The topological polar surface area (TPSA) is 73.1 Å². The van der Waals surface area contributed by atoms with E-state index in [1.165, 1.54) is 32.1 Å². The molecule has 0 saturated heterocycles. The van der Waals surface area contributed by atoms with Crippen molar-refractivity contribution in [2.24, 2.45) is 0 Å². The Balaban J connectivity index is 1.52. The molecule has 24 heavy (non-hydrogen) atoms. The maximum absolute atomic E-state index is 5.86. The lowest BCUT2D eigenvalue weighted by Crippen LogP contribution is -2.21. The molecular formula is C18H20N4OS. The van der Waals surface area contributed by atoms with Gasteiger partial charge in [0.15, 0.2) is 5.13 Å². The van der Waals surface area contributed by atoms with E-state index in [-0.39, 0.29) is 0 Å². The zero-order valence-electron chi connectivity index (χ0n) is 13.4. The summed E-state index contributed by atoms with van der Waals surface area (Å²) in [5.74, 6) is 1.92. The van der Waals surface area contributed by atoms with Crippen LogP contribution in [0.1, 0.15) is 32.1 Å². The highest BCUT2D eigenvalue weighted by Gasteiger charge is 2.15. The van der Waals surface area contributed by atoms with Crippen molar-refractivity contribution in [1.29, 1.82) is 0 Å². The van der Waals surface area contributed by atoms with Gasteiger partial charge in [-0.3, -0.25) is 0 Å². The largest absolute Gasteiger partial charge is 0.457 e. The number of thiazole rings is 1. The predicted octanol–water partition coefficient (Wildman–Crippen LogP) is 4.81. The van der Waals surface area contributed by atoms with Crippen LogP contribution in [-0.2, 0) is 0 Å². The molecule has 124 valence electrons. The van der Waals surface area contributed by atoms with Crippen molar-refractivity contribution in [1.82, 2.24) is 9.97 Å². The Hall–Kier alpha value is -2.34. The third-order valence-electron chi connectivity index (χ3n) is 4.28. The number of benzene rings is 1. The molecule has 0 atom stereocenters. The highest BCUT2D eigenvalue weighted by Crippen LogP contribution is 2.32. The Morgan fingerprint density at radius 1 is 1.08 bits per heavy atom. The molecular weight excluding hydrogens is 320 g/mol. The summed E-state index contributed by atoms with van der Waals surface area (Å²) in [4.78, 5) is 8.66. The molecule has 1 aliphatic rings. The van der Waals surface area contributed by atoms with Gasteiger partial charge < -0.3 is 15.8 Å². The molecule has 4 rings (SSSR count). The first kappa shape index (κ1) is 15.2. The Bertz CT molecular complexity index is 842. The maximum atomic E-state index is 5.86. The van der Waals surface area contributed by atoms with E-state index < -0.39 is 0 Å². The van der Waals surface area contributed by atoms with Gasteiger partial charge >= 0.3 is 0 Å². The summed E-state index contributed by atoms with van der Waals surface area (Å²) in [5.41, 5.74) is 6.69. The molecule has 2 aromatic heterocycles. The van der Waals surface area contributed by atoms with Gasteiger partial charge in [-0.25, -0.2) is 9.97 Å². The molecule has 0 unspecified atom stereocenters. The second-order valence-corrected chi connectivity index (χ2v) is 7.18. The van der Waals surface area contributed by atoms with Crippen LogP contribution in [0.25, 0.3) is 10.2 Å². The van der Waals surface area contributed by atoms with Crippen molar-refractivity contribution < 1.29 is 4.74 Å². The fourth-order valence-corrected chi connectivity index (χ4v) is 4.05. The minimum Gasteiger partial charge on any atom is -0.457 e. The molecule has 0 radical (unpaired) electrons. The summed E-state index contributed by atoms with van der Waals surface area (Å²) in [7, 11) is 0. The van der Waals surface area contributed by atoms with E-state index in [0.717, 1.165) is 21.1 Å². The summed E-state index contributed by atoms with van der Waals surface area (Å²) in [6.45, 7) is 0. The minimum absolute atomic E-state index is 0.449. The van der Waals surface area contributed by atoms with Gasteiger partial charge in [0, 0.05) is 24.4 Å². The minimum atomic E-state index is 0.449. The average molecular weight is 340 g/mol. The van der Waals surface area contributed by atoms with Gasteiger partial charge in [-0.15, -0.1) is 0 Å². The lowest BCUT2D eigenvalue weighted by molar-refractivity contribution is 0.462. The number of aromatic nitrogens is 2. The van der Waals surface area contributed by atoms with Crippen molar-refractivity contribution in [2.45, 2.75) is 38.1 Å². The second kappa shape index (κ2) is 6.65. The molecule has 0 spiro atoms. The number of nitrogens with one attached hydrogen (secondary N) is 1. The number of hydrogen-bond acceptors (Lipinski definition) is 6. The van der Waals surface area contributed by atoms with Gasteiger partial charge in [0.2, 0.25) is 0 Å². The second-order valence-electron chi connectivity index (χ2n) is 6.15. The molecule has 6 heteroatoms. The monoisotopic (exact) mass is 340 g/mol. The van der Waals surface area contributed by atoms with Gasteiger partial charge in [0.25, 0.3) is 0 Å². The number of nitrogens with two attached hydrogens (primary N) is 1. The molecule has 1 aromatic carbocycles. The van der Waals surface area contributed by atoms with Crippen molar-refractivity contribution >= 4 is 32.5 Å². The van der Waals surface area contributed by atoms with Crippen molar-refractivity contribution in [2.75, 3.05) is 11.1 Å². The van der Waals surface area contributed by atoms with E-state index in [4.69, 9.17) is 15.5 Å². The number of hydrogen-bond donors (Lipinski definition) is 2. The Morgan fingerprint density at radius 3 is 2.75 bits per heavy atom. The standard InChI is InChI=1S/C18H20N4OS/c19-17-11-14(8-9-20-17)23-13-6-7-15-16(10-13)24-18(22-15)21-12-4-2-1-3-5-12/h6-12H,1-5H2,(H2,19,20)(H,21,22). The molecule has 1 aliphatic carbocycles. The first-order valence-electron chi connectivity index (χ1n) is 8.33. The molecule has 3 N–H and O–H groups in total. The van der Waals surface area contributed by atoms with Crippen LogP contribution in [-0.4, -0.2) is 16.0 Å². The zero-order chi connectivity index (χ0) is 16.4. The number of nitrogen functional groups attached to an aromatic ring is 1. The zero-order valence-corrected chi connectivity index (χ0v) is 14.2.